The number of fused-ring (bicyclic) bond motifs is 1. The van der Waals surface area contributed by atoms with Crippen LogP contribution in [0.5, 0.6) is 5.75 Å². The van der Waals surface area contributed by atoms with Gasteiger partial charge in [0, 0.05) is 42.0 Å². The Morgan fingerprint density at radius 1 is 1.22 bits per heavy atom. The van der Waals surface area contributed by atoms with E-state index in [1.807, 2.05) is 71.6 Å². The number of aryl methyl sites for hydroxylation is 1. The third kappa shape index (κ3) is 3.73. The van der Waals surface area contributed by atoms with E-state index in [4.69, 9.17) is 4.74 Å². The van der Waals surface area contributed by atoms with Crippen molar-refractivity contribution in [2.75, 3.05) is 23.9 Å². The third-order valence-corrected chi connectivity index (χ3v) is 6.43. The highest BCUT2D eigenvalue weighted by Gasteiger charge is 2.36. The molecule has 3 heterocycles. The van der Waals surface area contributed by atoms with E-state index in [-0.39, 0.29) is 18.2 Å². The maximum absolute atomic E-state index is 12.9. The van der Waals surface area contributed by atoms with Crippen molar-refractivity contribution in [1.29, 1.82) is 0 Å². The van der Waals surface area contributed by atoms with Gasteiger partial charge >= 0.3 is 0 Å². The average molecular weight is 447 g/mol. The molecule has 162 valence electrons. The zero-order chi connectivity index (χ0) is 22.2. The van der Waals surface area contributed by atoms with Crippen molar-refractivity contribution in [3.8, 4) is 17.0 Å². The van der Waals surface area contributed by atoms with Gasteiger partial charge in [0.25, 0.3) is 0 Å². The van der Waals surface area contributed by atoms with Gasteiger partial charge in [-0.3, -0.25) is 14.0 Å². The molecule has 0 saturated carbocycles. The first-order chi connectivity index (χ1) is 15.5. The van der Waals surface area contributed by atoms with Crippen LogP contribution in [0.1, 0.15) is 12.0 Å². The number of rotatable bonds is 5. The normalized spacial score (nSPS) is 16.0. The summed E-state index contributed by atoms with van der Waals surface area (Å²) in [6.45, 7) is 2.29. The van der Waals surface area contributed by atoms with Crippen LogP contribution in [0.15, 0.2) is 60.2 Å². The Hall–Kier alpha value is -3.65. The standard InChI is InChI=1S/C24H22N4O3S/c1-15-3-8-21(31-2)20(11-15)28-13-17(12-22(28)29)23(30)25-18-6-4-16(5-7-18)19-14-27-9-10-32-24(27)26-19/h3-11,14,17H,12-13H2,1-2H3,(H,25,30). The predicted octanol–water partition coefficient (Wildman–Crippen LogP) is 4.37. The van der Waals surface area contributed by atoms with Crippen LogP contribution >= 0.6 is 11.3 Å². The van der Waals surface area contributed by atoms with E-state index in [0.29, 0.717) is 23.7 Å². The van der Waals surface area contributed by atoms with Crippen molar-refractivity contribution in [3.63, 3.8) is 0 Å². The smallest absolute Gasteiger partial charge is 0.229 e. The summed E-state index contributed by atoms with van der Waals surface area (Å²) in [6, 6.07) is 13.3. The second-order valence-electron chi connectivity index (χ2n) is 7.87. The Morgan fingerprint density at radius 3 is 2.78 bits per heavy atom. The van der Waals surface area contributed by atoms with E-state index in [2.05, 4.69) is 10.3 Å². The number of amides is 2. The van der Waals surface area contributed by atoms with Crippen LogP contribution in [-0.4, -0.2) is 34.9 Å². The van der Waals surface area contributed by atoms with E-state index >= 15 is 0 Å². The highest BCUT2D eigenvalue weighted by atomic mass is 32.1. The fourth-order valence-electron chi connectivity index (χ4n) is 3.96. The van der Waals surface area contributed by atoms with Crippen LogP contribution < -0.4 is 15.0 Å². The summed E-state index contributed by atoms with van der Waals surface area (Å²) in [5.41, 5.74) is 4.29. The Bertz CT molecular complexity index is 1280. The number of hydrogen-bond donors (Lipinski definition) is 1. The number of carbonyl (C=O) groups excluding carboxylic acids is 2. The molecule has 2 aromatic carbocycles. The molecule has 1 unspecified atom stereocenters. The molecule has 1 saturated heterocycles. The maximum atomic E-state index is 12.9. The maximum Gasteiger partial charge on any atom is 0.229 e. The largest absolute Gasteiger partial charge is 0.495 e. The second-order valence-corrected chi connectivity index (χ2v) is 8.74. The van der Waals surface area contributed by atoms with Gasteiger partial charge in [-0.2, -0.15) is 0 Å². The highest BCUT2D eigenvalue weighted by molar-refractivity contribution is 7.15. The lowest BCUT2D eigenvalue weighted by Crippen LogP contribution is -2.28. The molecule has 4 aromatic rings. The number of hydrogen-bond acceptors (Lipinski definition) is 5. The Labute approximate surface area is 189 Å². The molecule has 0 aliphatic carbocycles. The molecule has 8 heteroatoms. The van der Waals surface area contributed by atoms with Crippen molar-refractivity contribution in [1.82, 2.24) is 9.38 Å². The molecule has 2 aromatic heterocycles. The summed E-state index contributed by atoms with van der Waals surface area (Å²) in [5, 5.41) is 4.94. The summed E-state index contributed by atoms with van der Waals surface area (Å²) < 4.78 is 7.40. The van der Waals surface area contributed by atoms with Gasteiger partial charge in [0.2, 0.25) is 11.8 Å². The molecule has 7 nitrogen and oxygen atoms in total. The molecule has 32 heavy (non-hydrogen) atoms. The lowest BCUT2D eigenvalue weighted by molar-refractivity contribution is -0.122. The molecule has 1 N–H and O–H groups in total. The van der Waals surface area contributed by atoms with E-state index in [1.54, 1.807) is 23.3 Å². The minimum atomic E-state index is -0.424. The van der Waals surface area contributed by atoms with Crippen molar-refractivity contribution >= 4 is 39.5 Å². The molecule has 1 aliphatic heterocycles. The van der Waals surface area contributed by atoms with Crippen LogP contribution in [0.25, 0.3) is 16.2 Å². The summed E-state index contributed by atoms with van der Waals surface area (Å²) in [6.07, 6.45) is 4.13. The topological polar surface area (TPSA) is 75.9 Å². The molecular formula is C24H22N4O3S. The van der Waals surface area contributed by atoms with Gasteiger partial charge in [-0.05, 0) is 36.8 Å². The Kier molecular flexibility index (Phi) is 5.14. The Balaban J connectivity index is 1.28. The minimum absolute atomic E-state index is 0.0795. The lowest BCUT2D eigenvalue weighted by atomic mass is 10.1. The summed E-state index contributed by atoms with van der Waals surface area (Å²) in [7, 11) is 1.58. The van der Waals surface area contributed by atoms with E-state index in [1.165, 1.54) is 0 Å². The van der Waals surface area contributed by atoms with Crippen LogP contribution in [0, 0.1) is 12.8 Å². The lowest BCUT2D eigenvalue weighted by Gasteiger charge is -2.20. The van der Waals surface area contributed by atoms with E-state index in [0.717, 1.165) is 21.8 Å². The number of aromatic nitrogens is 2. The molecule has 1 atom stereocenters. The van der Waals surface area contributed by atoms with Crippen LogP contribution in [0.2, 0.25) is 0 Å². The van der Waals surface area contributed by atoms with Gasteiger partial charge in [-0.1, -0.05) is 18.2 Å². The fourth-order valence-corrected chi connectivity index (χ4v) is 4.66. The predicted molar refractivity (Wildman–Crippen MR) is 125 cm³/mol. The second kappa shape index (κ2) is 8.12. The van der Waals surface area contributed by atoms with E-state index < -0.39 is 5.92 Å². The van der Waals surface area contributed by atoms with Crippen molar-refractivity contribution in [2.24, 2.45) is 5.92 Å². The van der Waals surface area contributed by atoms with Gasteiger partial charge in [-0.15, -0.1) is 11.3 Å². The molecule has 2 amide bonds. The van der Waals surface area contributed by atoms with Crippen LogP contribution in [0.4, 0.5) is 11.4 Å². The summed E-state index contributed by atoms with van der Waals surface area (Å²) in [4.78, 5) is 32.7. The number of carbonyl (C=O) groups is 2. The van der Waals surface area contributed by atoms with Crippen LogP contribution in [-0.2, 0) is 9.59 Å². The fraction of sp³-hybridized carbons (Fsp3) is 0.208. The van der Waals surface area contributed by atoms with Crippen molar-refractivity contribution in [2.45, 2.75) is 13.3 Å². The van der Waals surface area contributed by atoms with Crippen molar-refractivity contribution < 1.29 is 14.3 Å². The average Bonchev–Trinajstić information content (AvgIpc) is 3.49. The number of ether oxygens (including phenoxy) is 1. The minimum Gasteiger partial charge on any atom is -0.495 e. The van der Waals surface area contributed by atoms with Gasteiger partial charge < -0.3 is 15.0 Å². The first-order valence-electron chi connectivity index (χ1n) is 10.3. The first-order valence-corrected chi connectivity index (χ1v) is 11.2. The quantitative estimate of drug-likeness (QED) is 0.494. The number of nitrogens with one attached hydrogen (secondary N) is 1. The zero-order valence-corrected chi connectivity index (χ0v) is 18.6. The zero-order valence-electron chi connectivity index (χ0n) is 17.7. The van der Waals surface area contributed by atoms with Gasteiger partial charge in [0.1, 0.15) is 5.75 Å². The molecule has 1 fully saturated rings. The summed E-state index contributed by atoms with van der Waals surface area (Å²) in [5.74, 6) is -0.0426. The number of benzene rings is 2. The number of methoxy groups -OCH3 is 1. The molecule has 1 aliphatic rings. The van der Waals surface area contributed by atoms with Crippen LogP contribution in [0.3, 0.4) is 0 Å². The summed E-state index contributed by atoms with van der Waals surface area (Å²) >= 11 is 1.59. The monoisotopic (exact) mass is 446 g/mol. The first kappa shape index (κ1) is 20.3. The third-order valence-electron chi connectivity index (χ3n) is 5.66. The molecule has 0 bridgehead atoms. The number of thiazole rings is 1. The molecule has 0 radical (unpaired) electrons. The molecule has 0 spiro atoms. The number of nitrogens with zero attached hydrogens (tertiary/aromatic N) is 3. The Morgan fingerprint density at radius 2 is 2.03 bits per heavy atom. The van der Waals surface area contributed by atoms with Gasteiger partial charge in [-0.25, -0.2) is 4.98 Å². The van der Waals surface area contributed by atoms with Gasteiger partial charge in [0.05, 0.1) is 24.4 Å². The van der Waals surface area contributed by atoms with Gasteiger partial charge in [0.15, 0.2) is 4.96 Å². The molecule has 5 rings (SSSR count). The molecular weight excluding hydrogens is 424 g/mol. The number of anilines is 2. The number of imidazole rings is 1. The highest BCUT2D eigenvalue weighted by Crippen LogP contribution is 2.34. The van der Waals surface area contributed by atoms with E-state index in [9.17, 15) is 9.59 Å². The SMILES string of the molecule is COc1ccc(C)cc1N1CC(C(=O)Nc2ccc(-c3cn4ccsc4n3)cc2)CC1=O. The van der Waals surface area contributed by atoms with Crippen molar-refractivity contribution in [3.05, 3.63) is 65.8 Å².